The van der Waals surface area contributed by atoms with Crippen LogP contribution in [0.4, 0.5) is 5.00 Å². The largest absolute Gasteiger partial charge is 0.544 e. The van der Waals surface area contributed by atoms with Crippen LogP contribution in [0.2, 0.25) is 0 Å². The van der Waals surface area contributed by atoms with Gasteiger partial charge in [-0.2, -0.15) is 0 Å². The summed E-state index contributed by atoms with van der Waals surface area (Å²) in [6.07, 6.45) is 0.889. The van der Waals surface area contributed by atoms with Crippen LogP contribution in [-0.4, -0.2) is 29.6 Å². The number of carboxylic acids is 2. The number of thiophene rings is 1. The molecule has 8 heteroatoms. The maximum Gasteiger partial charge on any atom is 0.341 e. The SMILES string of the molecule is CCOC(=O)C(=CNc1sc(-c2ccccc2)c(C)c1C(=O)O)C(=O)[O-]. The summed E-state index contributed by atoms with van der Waals surface area (Å²) in [5.41, 5.74) is 0.651. The van der Waals surface area contributed by atoms with E-state index in [0.29, 0.717) is 5.56 Å². The molecular formula is C18H16NO6S-. The smallest absolute Gasteiger partial charge is 0.341 e. The third-order valence-corrected chi connectivity index (χ3v) is 4.73. The molecule has 0 bridgehead atoms. The molecule has 0 saturated heterocycles. The maximum absolute atomic E-state index is 11.7. The van der Waals surface area contributed by atoms with Crippen LogP contribution >= 0.6 is 11.3 Å². The number of aromatic carboxylic acids is 1. The van der Waals surface area contributed by atoms with E-state index in [2.05, 4.69) is 10.1 Å². The minimum atomic E-state index is -1.72. The average Bonchev–Trinajstić information content (AvgIpc) is 2.92. The molecule has 0 unspecified atom stereocenters. The van der Waals surface area contributed by atoms with Crippen molar-refractivity contribution in [2.45, 2.75) is 13.8 Å². The third-order valence-electron chi connectivity index (χ3n) is 3.46. The Hall–Kier alpha value is -3.13. The predicted octanol–water partition coefficient (Wildman–Crippen LogP) is 2.03. The molecule has 0 aliphatic carbocycles. The van der Waals surface area contributed by atoms with Crippen LogP contribution < -0.4 is 10.4 Å². The monoisotopic (exact) mass is 374 g/mol. The topological polar surface area (TPSA) is 116 Å². The highest BCUT2D eigenvalue weighted by Crippen LogP contribution is 2.39. The molecule has 0 radical (unpaired) electrons. The van der Waals surface area contributed by atoms with Crippen LogP contribution in [0.3, 0.4) is 0 Å². The van der Waals surface area contributed by atoms with E-state index < -0.39 is 23.5 Å². The molecule has 0 atom stereocenters. The molecule has 0 fully saturated rings. The van der Waals surface area contributed by atoms with Crippen molar-refractivity contribution in [1.29, 1.82) is 0 Å². The zero-order valence-electron chi connectivity index (χ0n) is 14.1. The molecule has 2 N–H and O–H groups in total. The number of benzene rings is 1. The molecule has 2 rings (SSSR count). The highest BCUT2D eigenvalue weighted by Gasteiger charge is 2.21. The first-order chi connectivity index (χ1) is 12.4. The minimum Gasteiger partial charge on any atom is -0.544 e. The normalized spacial score (nSPS) is 11.1. The number of carbonyl (C=O) groups excluding carboxylic acids is 2. The van der Waals surface area contributed by atoms with Crippen molar-refractivity contribution in [3.63, 3.8) is 0 Å². The fourth-order valence-corrected chi connectivity index (χ4v) is 3.46. The number of hydrogen-bond acceptors (Lipinski definition) is 7. The summed E-state index contributed by atoms with van der Waals surface area (Å²) in [4.78, 5) is 35.1. The van der Waals surface area contributed by atoms with Crippen LogP contribution in [0, 0.1) is 6.92 Å². The number of aliphatic carboxylic acids is 1. The number of ether oxygens (including phenoxy) is 1. The van der Waals surface area contributed by atoms with E-state index in [9.17, 15) is 24.6 Å². The van der Waals surface area contributed by atoms with Gasteiger partial charge in [-0.25, -0.2) is 9.59 Å². The third kappa shape index (κ3) is 4.09. The highest BCUT2D eigenvalue weighted by molar-refractivity contribution is 7.20. The Morgan fingerprint density at radius 3 is 2.46 bits per heavy atom. The molecule has 1 aromatic heterocycles. The molecule has 0 spiro atoms. The Labute approximate surface area is 153 Å². The van der Waals surface area contributed by atoms with Crippen molar-refractivity contribution < 1.29 is 29.3 Å². The van der Waals surface area contributed by atoms with Crippen molar-refractivity contribution in [1.82, 2.24) is 0 Å². The summed E-state index contributed by atoms with van der Waals surface area (Å²) in [5, 5.41) is 23.4. The maximum atomic E-state index is 11.7. The van der Waals surface area contributed by atoms with Gasteiger partial charge in [-0.3, -0.25) is 0 Å². The summed E-state index contributed by atoms with van der Waals surface area (Å²) < 4.78 is 4.65. The van der Waals surface area contributed by atoms with E-state index >= 15 is 0 Å². The lowest BCUT2D eigenvalue weighted by atomic mass is 10.1. The molecular weight excluding hydrogens is 358 g/mol. The predicted molar refractivity (Wildman–Crippen MR) is 94.8 cm³/mol. The fraction of sp³-hybridized carbons (Fsp3) is 0.167. The first-order valence-electron chi connectivity index (χ1n) is 7.64. The standard InChI is InChI=1S/C18H17NO6S/c1-3-25-18(24)12(16(20)21)9-19-15-13(17(22)23)10(2)14(26-15)11-7-5-4-6-8-11/h4-9,19H,3H2,1-2H3,(H,20,21)(H,22,23)/p-1. The number of rotatable bonds is 7. The van der Waals surface area contributed by atoms with Crippen molar-refractivity contribution >= 4 is 34.2 Å². The van der Waals surface area contributed by atoms with Gasteiger partial charge in [0, 0.05) is 11.1 Å². The number of carbonyl (C=O) groups is 3. The second-order valence-electron chi connectivity index (χ2n) is 5.14. The quantitative estimate of drug-likeness (QED) is 0.330. The van der Waals surface area contributed by atoms with Gasteiger partial charge < -0.3 is 25.1 Å². The van der Waals surface area contributed by atoms with Crippen molar-refractivity contribution in [2.24, 2.45) is 0 Å². The molecule has 1 heterocycles. The van der Waals surface area contributed by atoms with Gasteiger partial charge in [-0.1, -0.05) is 30.3 Å². The van der Waals surface area contributed by atoms with Gasteiger partial charge in [0.2, 0.25) is 0 Å². The van der Waals surface area contributed by atoms with Gasteiger partial charge in [0.05, 0.1) is 23.7 Å². The Morgan fingerprint density at radius 2 is 1.92 bits per heavy atom. The minimum absolute atomic E-state index is 0.0000940. The van der Waals surface area contributed by atoms with Gasteiger partial charge in [0.25, 0.3) is 0 Å². The Balaban J connectivity index is 2.46. The van der Waals surface area contributed by atoms with Gasteiger partial charge in [0.15, 0.2) is 0 Å². The summed E-state index contributed by atoms with van der Waals surface area (Å²) in [6, 6.07) is 9.19. The van der Waals surface area contributed by atoms with Gasteiger partial charge in [-0.05, 0) is 25.0 Å². The molecule has 7 nitrogen and oxygen atoms in total. The number of carboxylic acid groups (broad SMARTS) is 2. The van der Waals surface area contributed by atoms with Crippen LogP contribution in [-0.2, 0) is 14.3 Å². The summed E-state index contributed by atoms with van der Waals surface area (Å²) >= 11 is 1.14. The molecule has 1 aromatic carbocycles. The summed E-state index contributed by atoms with van der Waals surface area (Å²) in [7, 11) is 0. The van der Waals surface area contributed by atoms with E-state index in [1.807, 2.05) is 30.3 Å². The Bertz CT molecular complexity index is 869. The molecule has 0 amide bonds. The molecule has 0 aliphatic rings. The van der Waals surface area contributed by atoms with Gasteiger partial charge in [0.1, 0.15) is 5.00 Å². The molecule has 2 aromatic rings. The molecule has 0 aliphatic heterocycles. The van der Waals surface area contributed by atoms with Crippen LogP contribution in [0.5, 0.6) is 0 Å². The summed E-state index contributed by atoms with van der Waals surface area (Å²) in [5.74, 6) is -3.94. The van der Waals surface area contributed by atoms with Crippen LogP contribution in [0.1, 0.15) is 22.8 Å². The van der Waals surface area contributed by atoms with E-state index in [1.165, 1.54) is 6.92 Å². The number of nitrogens with one attached hydrogen (secondary N) is 1. The van der Waals surface area contributed by atoms with Crippen LogP contribution in [0.25, 0.3) is 10.4 Å². The Kier molecular flexibility index (Phi) is 6.13. The van der Waals surface area contributed by atoms with E-state index in [0.717, 1.165) is 28.0 Å². The zero-order valence-corrected chi connectivity index (χ0v) is 14.9. The Morgan fingerprint density at radius 1 is 1.27 bits per heavy atom. The van der Waals surface area contributed by atoms with Crippen molar-refractivity contribution in [3.8, 4) is 10.4 Å². The number of hydrogen-bond donors (Lipinski definition) is 2. The summed E-state index contributed by atoms with van der Waals surface area (Å²) in [6.45, 7) is 3.21. The van der Waals surface area contributed by atoms with Crippen molar-refractivity contribution in [3.05, 3.63) is 53.2 Å². The highest BCUT2D eigenvalue weighted by atomic mass is 32.1. The first-order valence-corrected chi connectivity index (χ1v) is 8.45. The van der Waals surface area contributed by atoms with Gasteiger partial charge >= 0.3 is 11.9 Å². The first kappa shape index (κ1) is 19.2. The van der Waals surface area contributed by atoms with Crippen molar-refractivity contribution in [2.75, 3.05) is 11.9 Å². The van der Waals surface area contributed by atoms with E-state index in [-0.39, 0.29) is 17.2 Å². The lowest BCUT2D eigenvalue weighted by Crippen LogP contribution is -2.30. The van der Waals surface area contributed by atoms with E-state index in [4.69, 9.17) is 0 Å². The molecule has 26 heavy (non-hydrogen) atoms. The molecule has 136 valence electrons. The fourth-order valence-electron chi connectivity index (χ4n) is 2.29. The second-order valence-corrected chi connectivity index (χ2v) is 6.16. The lowest BCUT2D eigenvalue weighted by Gasteiger charge is -2.08. The second kappa shape index (κ2) is 8.30. The lowest BCUT2D eigenvalue weighted by molar-refractivity contribution is -0.299. The number of esters is 1. The van der Waals surface area contributed by atoms with Crippen LogP contribution in [0.15, 0.2) is 42.1 Å². The zero-order chi connectivity index (χ0) is 19.3. The molecule has 0 saturated carbocycles. The van der Waals surface area contributed by atoms with Gasteiger partial charge in [-0.15, -0.1) is 11.3 Å². The average molecular weight is 374 g/mol. The van der Waals surface area contributed by atoms with E-state index in [1.54, 1.807) is 6.92 Å². The number of anilines is 1.